The van der Waals surface area contributed by atoms with Crippen LogP contribution in [-0.2, 0) is 15.2 Å². The molecule has 1 amide bonds. The molecule has 2 aliphatic heterocycles. The monoisotopic (exact) mass is 554 g/mol. The van der Waals surface area contributed by atoms with Crippen molar-refractivity contribution in [3.05, 3.63) is 69.9 Å². The van der Waals surface area contributed by atoms with Crippen molar-refractivity contribution >= 4 is 40.6 Å². The van der Waals surface area contributed by atoms with Crippen LogP contribution in [0.3, 0.4) is 0 Å². The number of rotatable bonds is 6. The number of ether oxygens (including phenoxy) is 2. The van der Waals surface area contributed by atoms with Crippen molar-refractivity contribution in [3.63, 3.8) is 0 Å². The van der Waals surface area contributed by atoms with Gasteiger partial charge in [-0.15, -0.1) is 21.5 Å². The van der Waals surface area contributed by atoms with E-state index in [0.29, 0.717) is 66.6 Å². The van der Waals surface area contributed by atoms with Gasteiger partial charge in [0.25, 0.3) is 5.91 Å². The molecule has 37 heavy (non-hydrogen) atoms. The molecule has 1 aromatic carbocycles. The van der Waals surface area contributed by atoms with Crippen LogP contribution in [0.2, 0.25) is 5.02 Å². The van der Waals surface area contributed by atoms with Crippen LogP contribution >= 0.6 is 34.7 Å². The van der Waals surface area contributed by atoms with Gasteiger partial charge in [-0.3, -0.25) is 14.3 Å². The summed E-state index contributed by atoms with van der Waals surface area (Å²) in [5.41, 5.74) is 2.23. The number of amides is 1. The highest BCUT2D eigenvalue weighted by Gasteiger charge is 2.41. The fourth-order valence-electron chi connectivity index (χ4n) is 4.50. The average Bonchev–Trinajstić information content (AvgIpc) is 3.68. The fourth-order valence-corrected chi connectivity index (χ4v) is 6.42. The van der Waals surface area contributed by atoms with Crippen LogP contribution in [0.4, 0.5) is 0 Å². The van der Waals surface area contributed by atoms with Crippen LogP contribution in [0.1, 0.15) is 28.3 Å². The normalized spacial score (nSPS) is 16.9. The number of thiazole rings is 1. The topological polar surface area (TPSA) is 95.3 Å². The highest BCUT2D eigenvalue weighted by atomic mass is 35.5. The van der Waals surface area contributed by atoms with E-state index in [1.54, 1.807) is 12.4 Å². The first-order valence-corrected chi connectivity index (χ1v) is 14.1. The molecule has 0 aliphatic carbocycles. The van der Waals surface area contributed by atoms with Gasteiger partial charge < -0.3 is 14.4 Å². The largest absolute Gasteiger partial charge is 0.347 e. The third kappa shape index (κ3) is 5.14. The number of pyridine rings is 1. The van der Waals surface area contributed by atoms with Gasteiger partial charge in [0, 0.05) is 54.3 Å². The molecule has 3 aromatic heterocycles. The summed E-state index contributed by atoms with van der Waals surface area (Å²) in [4.78, 5) is 23.6. The van der Waals surface area contributed by atoms with Gasteiger partial charge >= 0.3 is 0 Å². The third-order valence-corrected chi connectivity index (χ3v) is 8.57. The Hall–Kier alpha value is -2.83. The predicted octanol–water partition coefficient (Wildman–Crippen LogP) is 4.71. The lowest BCUT2D eigenvalue weighted by Crippen LogP contribution is -2.47. The highest BCUT2D eigenvalue weighted by molar-refractivity contribution is 7.98. The summed E-state index contributed by atoms with van der Waals surface area (Å²) in [5.74, 6) is 0.689. The summed E-state index contributed by atoms with van der Waals surface area (Å²) in [6.07, 6.45) is 4.82. The van der Waals surface area contributed by atoms with Crippen LogP contribution in [0.5, 0.6) is 0 Å². The summed E-state index contributed by atoms with van der Waals surface area (Å²) in [5, 5.41) is 12.9. The first-order valence-electron chi connectivity index (χ1n) is 11.9. The van der Waals surface area contributed by atoms with Crippen molar-refractivity contribution in [2.75, 3.05) is 26.3 Å². The van der Waals surface area contributed by atoms with E-state index in [4.69, 9.17) is 21.1 Å². The Balaban J connectivity index is 1.17. The molecule has 4 aromatic rings. The van der Waals surface area contributed by atoms with Crippen molar-refractivity contribution in [2.45, 2.75) is 29.5 Å². The molecule has 2 saturated heterocycles. The molecule has 6 rings (SSSR count). The number of carbonyl (C=O) groups is 1. The van der Waals surface area contributed by atoms with Gasteiger partial charge in [0.15, 0.2) is 16.8 Å². The van der Waals surface area contributed by atoms with E-state index in [9.17, 15) is 4.79 Å². The first kappa shape index (κ1) is 24.5. The number of hydrogen-bond donors (Lipinski definition) is 0. The average molecular weight is 555 g/mol. The van der Waals surface area contributed by atoms with Gasteiger partial charge in [-0.25, -0.2) is 4.98 Å². The summed E-state index contributed by atoms with van der Waals surface area (Å²) in [7, 11) is 0. The van der Waals surface area contributed by atoms with E-state index < -0.39 is 5.79 Å². The van der Waals surface area contributed by atoms with Gasteiger partial charge in [0.05, 0.1) is 24.7 Å². The van der Waals surface area contributed by atoms with Gasteiger partial charge in [0.2, 0.25) is 0 Å². The fraction of sp³-hybridized carbons (Fsp3) is 0.320. The Kier molecular flexibility index (Phi) is 6.96. The third-order valence-electron chi connectivity index (χ3n) is 6.36. The first-order chi connectivity index (χ1) is 18.1. The zero-order valence-electron chi connectivity index (χ0n) is 19.7. The minimum Gasteiger partial charge on any atom is -0.347 e. The Labute approximate surface area is 226 Å². The minimum atomic E-state index is -0.505. The Morgan fingerprint density at radius 2 is 1.89 bits per heavy atom. The SMILES string of the molecule is O=C(c1csc(CSc2nnc(-c3ccncc3)n2-c2cccc(Cl)c2)n1)N1CCC2(CC1)OCCO2. The number of aromatic nitrogens is 5. The minimum absolute atomic E-state index is 0.0533. The van der Waals surface area contributed by atoms with Gasteiger partial charge in [0.1, 0.15) is 10.7 Å². The zero-order chi connectivity index (χ0) is 25.2. The molecular weight excluding hydrogens is 532 g/mol. The van der Waals surface area contributed by atoms with Crippen LogP contribution in [0, 0.1) is 0 Å². The number of halogens is 1. The number of piperidine rings is 1. The van der Waals surface area contributed by atoms with Gasteiger partial charge in [-0.05, 0) is 30.3 Å². The van der Waals surface area contributed by atoms with Crippen molar-refractivity contribution in [2.24, 2.45) is 0 Å². The molecule has 0 radical (unpaired) electrons. The Morgan fingerprint density at radius 3 is 2.65 bits per heavy atom. The van der Waals surface area contributed by atoms with Crippen LogP contribution in [-0.4, -0.2) is 67.6 Å². The second kappa shape index (κ2) is 10.5. The van der Waals surface area contributed by atoms with Gasteiger partial charge in [-0.1, -0.05) is 29.4 Å². The lowest BCUT2D eigenvalue weighted by atomic mass is 10.0. The number of benzene rings is 1. The molecule has 0 bridgehead atoms. The maximum Gasteiger partial charge on any atom is 0.273 e. The summed E-state index contributed by atoms with van der Waals surface area (Å²) < 4.78 is 13.5. The maximum atomic E-state index is 13.1. The number of likely N-dealkylation sites (tertiary alicyclic amines) is 1. The van der Waals surface area contributed by atoms with Crippen molar-refractivity contribution in [3.8, 4) is 17.1 Å². The summed E-state index contributed by atoms with van der Waals surface area (Å²) in [6, 6.07) is 11.4. The van der Waals surface area contributed by atoms with E-state index in [1.165, 1.54) is 23.1 Å². The zero-order valence-corrected chi connectivity index (χ0v) is 22.1. The number of carbonyl (C=O) groups excluding carboxylic acids is 1. The second-order valence-corrected chi connectivity index (χ2v) is 11.0. The van der Waals surface area contributed by atoms with E-state index >= 15 is 0 Å². The highest BCUT2D eigenvalue weighted by Crippen LogP contribution is 2.33. The molecule has 0 unspecified atom stereocenters. The van der Waals surface area contributed by atoms with Crippen LogP contribution < -0.4 is 0 Å². The molecule has 0 atom stereocenters. The van der Waals surface area contributed by atoms with E-state index in [2.05, 4.69) is 20.2 Å². The molecule has 0 saturated carbocycles. The Bertz CT molecular complexity index is 1400. The van der Waals surface area contributed by atoms with Crippen molar-refractivity contribution < 1.29 is 14.3 Å². The molecule has 0 N–H and O–H groups in total. The maximum absolute atomic E-state index is 13.1. The molecule has 2 aliphatic rings. The number of thioether (sulfide) groups is 1. The van der Waals surface area contributed by atoms with Crippen LogP contribution in [0.15, 0.2) is 59.3 Å². The van der Waals surface area contributed by atoms with Gasteiger partial charge in [-0.2, -0.15) is 0 Å². The summed E-state index contributed by atoms with van der Waals surface area (Å²) >= 11 is 9.27. The molecule has 9 nitrogen and oxygen atoms in total. The second-order valence-electron chi connectivity index (χ2n) is 8.67. The molecule has 12 heteroatoms. The molecular formula is C25H23ClN6O3S2. The van der Waals surface area contributed by atoms with E-state index in [0.717, 1.165) is 16.3 Å². The smallest absolute Gasteiger partial charge is 0.273 e. The van der Waals surface area contributed by atoms with E-state index in [1.807, 2.05) is 51.2 Å². The molecule has 2 fully saturated rings. The quantitative estimate of drug-likeness (QED) is 0.316. The molecule has 1 spiro atoms. The predicted molar refractivity (Wildman–Crippen MR) is 141 cm³/mol. The van der Waals surface area contributed by atoms with Crippen molar-refractivity contribution in [1.29, 1.82) is 0 Å². The molecule has 190 valence electrons. The molecule has 5 heterocycles. The van der Waals surface area contributed by atoms with E-state index in [-0.39, 0.29) is 5.91 Å². The van der Waals surface area contributed by atoms with Crippen molar-refractivity contribution in [1.82, 2.24) is 29.6 Å². The van der Waals surface area contributed by atoms with Crippen LogP contribution in [0.25, 0.3) is 17.1 Å². The lowest BCUT2D eigenvalue weighted by Gasteiger charge is -2.37. The lowest BCUT2D eigenvalue weighted by molar-refractivity contribution is -0.181. The standard InChI is InChI=1S/C25H23ClN6O3S2/c26-18-2-1-3-19(14-18)32-22(17-4-8-27-9-5-17)29-30-24(32)37-16-21-28-20(15-36-21)23(33)31-10-6-25(7-11-31)34-12-13-35-25/h1-5,8-9,14-15H,6-7,10-13,16H2. The number of hydrogen-bond acceptors (Lipinski definition) is 9. The summed E-state index contributed by atoms with van der Waals surface area (Å²) in [6.45, 7) is 2.44. The Morgan fingerprint density at radius 1 is 1.11 bits per heavy atom. The number of nitrogens with zero attached hydrogens (tertiary/aromatic N) is 6.